The molecule has 2 aromatic carbocycles. The van der Waals surface area contributed by atoms with Crippen LogP contribution in [0.2, 0.25) is 0 Å². The number of carbonyl (C=O) groups is 7. The van der Waals surface area contributed by atoms with Gasteiger partial charge in [0.25, 0.3) is 23.7 Å². The predicted molar refractivity (Wildman–Crippen MR) is 249 cm³/mol. The fourth-order valence-electron chi connectivity index (χ4n) is 9.10. The smallest absolute Gasteiger partial charge is 0.298 e. The number of nitrogens with zero attached hydrogens (tertiary/aromatic N) is 6. The molecule has 0 bridgehead atoms. The molecule has 1 aromatic heterocycles. The highest BCUT2D eigenvalue weighted by atomic mass is 16.5. The number of nitrogens with two attached hydrogens (primary N) is 1. The second-order valence-corrected chi connectivity index (χ2v) is 17.4. The molecule has 3 aromatic rings. The zero-order valence-corrected chi connectivity index (χ0v) is 38.6. The van der Waals surface area contributed by atoms with Crippen LogP contribution in [0.5, 0.6) is 0 Å². The van der Waals surface area contributed by atoms with Gasteiger partial charge in [0.15, 0.2) is 5.69 Å². The predicted octanol–water partition coefficient (Wildman–Crippen LogP) is 1.06. The van der Waals surface area contributed by atoms with Gasteiger partial charge in [-0.05, 0) is 49.1 Å². The molecule has 0 aliphatic carbocycles. The van der Waals surface area contributed by atoms with Crippen molar-refractivity contribution in [1.82, 2.24) is 25.0 Å². The van der Waals surface area contributed by atoms with Gasteiger partial charge in [-0.15, -0.1) is 0 Å². The molecule has 4 fully saturated rings. The van der Waals surface area contributed by atoms with Gasteiger partial charge >= 0.3 is 0 Å². The summed E-state index contributed by atoms with van der Waals surface area (Å²) in [7, 11) is 0. The first-order valence-corrected chi connectivity index (χ1v) is 23.6. The van der Waals surface area contributed by atoms with E-state index in [2.05, 4.69) is 36.8 Å². The summed E-state index contributed by atoms with van der Waals surface area (Å²) >= 11 is 0. The quantitative estimate of drug-likeness (QED) is 0.0860. The number of oxazole rings is 1. The minimum Gasteiger partial charge on any atom is -0.431 e. The minimum absolute atomic E-state index is 0.0339. The number of amides is 7. The lowest BCUT2D eigenvalue weighted by molar-refractivity contribution is -0.136. The van der Waals surface area contributed by atoms with Crippen molar-refractivity contribution in [3.8, 4) is 0 Å². The van der Waals surface area contributed by atoms with Gasteiger partial charge in [0.2, 0.25) is 23.6 Å². The van der Waals surface area contributed by atoms with E-state index >= 15 is 0 Å². The van der Waals surface area contributed by atoms with Crippen molar-refractivity contribution in [3.63, 3.8) is 0 Å². The summed E-state index contributed by atoms with van der Waals surface area (Å²) in [6, 6.07) is 10.2. The number of imide groups is 2. The molecule has 7 amide bonds. The van der Waals surface area contributed by atoms with Crippen LogP contribution in [0.1, 0.15) is 68.9 Å². The molecule has 6 heterocycles. The number of benzene rings is 2. The van der Waals surface area contributed by atoms with Crippen molar-refractivity contribution < 1.29 is 56.9 Å². The Balaban J connectivity index is 0.702. The van der Waals surface area contributed by atoms with Gasteiger partial charge in [-0.25, -0.2) is 0 Å². The van der Waals surface area contributed by atoms with Crippen molar-refractivity contribution in [2.75, 3.05) is 132 Å². The maximum Gasteiger partial charge on any atom is 0.298 e. The molecule has 5 aliphatic rings. The summed E-state index contributed by atoms with van der Waals surface area (Å²) in [5.74, 6) is -3.06. The molecule has 5 N–H and O–H groups in total. The molecule has 4 saturated heterocycles. The minimum atomic E-state index is -1.03. The summed E-state index contributed by atoms with van der Waals surface area (Å²) in [6.07, 6.45) is 3.01. The van der Waals surface area contributed by atoms with Gasteiger partial charge in [-0.3, -0.25) is 48.7 Å². The van der Waals surface area contributed by atoms with Crippen molar-refractivity contribution in [1.29, 1.82) is 0 Å². The fraction of sp³-hybridized carbons (Fsp3) is 0.532. The molecule has 0 saturated carbocycles. The molecule has 1 atom stereocenters. The number of piperazine rings is 1. The first-order valence-electron chi connectivity index (χ1n) is 23.6. The van der Waals surface area contributed by atoms with E-state index in [1.807, 2.05) is 21.9 Å². The fourth-order valence-corrected chi connectivity index (χ4v) is 9.10. The van der Waals surface area contributed by atoms with Gasteiger partial charge in [0, 0.05) is 83.5 Å². The van der Waals surface area contributed by atoms with Crippen LogP contribution in [0, 0.1) is 5.92 Å². The van der Waals surface area contributed by atoms with E-state index in [1.54, 1.807) is 18.2 Å². The normalized spacial score (nSPS) is 19.2. The molecule has 8 rings (SSSR count). The molecular weight excluding hydrogens is 897 g/mol. The highest BCUT2D eigenvalue weighted by Gasteiger charge is 2.45. The zero-order chi connectivity index (χ0) is 48.3. The van der Waals surface area contributed by atoms with Crippen LogP contribution in [-0.4, -0.2) is 179 Å². The number of fused-ring (bicyclic) bond motifs is 1. The lowest BCUT2D eigenvalue weighted by atomic mass is 9.95. The van der Waals surface area contributed by atoms with E-state index < -0.39 is 29.7 Å². The van der Waals surface area contributed by atoms with E-state index in [0.29, 0.717) is 142 Å². The Bertz CT molecular complexity index is 2360. The lowest BCUT2D eigenvalue weighted by Gasteiger charge is -2.36. The first kappa shape index (κ1) is 49.0. The maximum absolute atomic E-state index is 13.4. The molecule has 0 spiro atoms. The zero-order valence-electron chi connectivity index (χ0n) is 38.6. The van der Waals surface area contributed by atoms with Gasteiger partial charge in [-0.1, -0.05) is 12.1 Å². The maximum atomic E-state index is 13.4. The van der Waals surface area contributed by atoms with Crippen LogP contribution in [-0.2, 0) is 44.7 Å². The third-order valence-corrected chi connectivity index (χ3v) is 12.9. The Hall–Kier alpha value is -6.46. The number of piperidine rings is 2. The monoisotopic (exact) mass is 956 g/mol. The summed E-state index contributed by atoms with van der Waals surface area (Å²) in [5, 5.41) is 8.38. The molecule has 69 heavy (non-hydrogen) atoms. The summed E-state index contributed by atoms with van der Waals surface area (Å²) in [4.78, 5) is 102. The van der Waals surface area contributed by atoms with Crippen LogP contribution in [0.15, 0.2) is 47.1 Å². The van der Waals surface area contributed by atoms with Crippen molar-refractivity contribution in [3.05, 3.63) is 65.0 Å². The number of nitrogens with one attached hydrogen (secondary N) is 3. The van der Waals surface area contributed by atoms with Crippen LogP contribution in [0.3, 0.4) is 0 Å². The molecule has 1 unspecified atom stereocenters. The second-order valence-electron chi connectivity index (χ2n) is 17.4. The number of hydrogen-bond acceptors (Lipinski definition) is 17. The summed E-state index contributed by atoms with van der Waals surface area (Å²) in [6.45, 7) is 9.14. The Kier molecular flexibility index (Phi) is 16.5. The topological polar surface area (TPSA) is 261 Å². The Morgan fingerprint density at radius 2 is 1.52 bits per heavy atom. The van der Waals surface area contributed by atoms with E-state index in [-0.39, 0.29) is 66.3 Å². The third kappa shape index (κ3) is 12.2. The molecule has 22 nitrogen and oxygen atoms in total. The number of rotatable bonds is 21. The van der Waals surface area contributed by atoms with E-state index in [1.165, 1.54) is 6.26 Å². The third-order valence-electron chi connectivity index (χ3n) is 12.9. The average molecular weight is 957 g/mol. The molecule has 22 heteroatoms. The van der Waals surface area contributed by atoms with Gasteiger partial charge in [-0.2, -0.15) is 4.98 Å². The number of carbonyl (C=O) groups excluding carboxylic acids is 7. The van der Waals surface area contributed by atoms with Crippen LogP contribution in [0.4, 0.5) is 23.1 Å². The van der Waals surface area contributed by atoms with Gasteiger partial charge in [0.05, 0.1) is 81.8 Å². The number of morpholine rings is 1. The Labute approximate surface area is 399 Å². The molecular formula is C47H60N10O12. The highest BCUT2D eigenvalue weighted by molar-refractivity contribution is 6.25. The highest BCUT2D eigenvalue weighted by Crippen LogP contribution is 2.34. The molecule has 370 valence electrons. The second kappa shape index (κ2) is 23.2. The Morgan fingerprint density at radius 1 is 0.797 bits per heavy atom. The Morgan fingerprint density at radius 3 is 2.25 bits per heavy atom. The summed E-state index contributed by atoms with van der Waals surface area (Å²) < 4.78 is 28.0. The van der Waals surface area contributed by atoms with Crippen molar-refractivity contribution in [2.45, 2.75) is 44.7 Å². The molecule has 5 aliphatic heterocycles. The van der Waals surface area contributed by atoms with Crippen LogP contribution < -0.4 is 31.5 Å². The number of ether oxygens (including phenoxy) is 4. The largest absolute Gasteiger partial charge is 0.431 e. The lowest BCUT2D eigenvalue weighted by Crippen LogP contribution is -2.54. The average Bonchev–Trinajstić information content (AvgIpc) is 3.96. The van der Waals surface area contributed by atoms with Crippen LogP contribution in [0.25, 0.3) is 0 Å². The van der Waals surface area contributed by atoms with Gasteiger partial charge < -0.3 is 54.4 Å². The summed E-state index contributed by atoms with van der Waals surface area (Å²) in [5.41, 5.74) is 9.19. The van der Waals surface area contributed by atoms with E-state index in [9.17, 15) is 33.6 Å². The number of hydrogen-bond donors (Lipinski definition) is 4. The number of primary amides is 1. The molecule has 0 radical (unpaired) electrons. The number of aromatic nitrogens is 1. The SMILES string of the molecule is NC(=O)C1CCN(c2cc(CN3CCN(C(=O)CCOCCOCCOCCNc4cccc5c4C(=O)N(C4CCC(=O)NC4=O)C5=O)CC3)ccc2NC(=O)c2coc(N3CCOCC3)n2)CC1. The first-order chi connectivity index (χ1) is 33.5. The van der Waals surface area contributed by atoms with Crippen LogP contribution >= 0.6 is 0 Å². The van der Waals surface area contributed by atoms with E-state index in [4.69, 9.17) is 29.1 Å². The number of anilines is 4. The van der Waals surface area contributed by atoms with E-state index in [0.717, 1.165) is 16.2 Å². The standard InChI is InChI=1S/C47H60N10O12/c48-42(60)32-8-12-54(13-9-32)38-28-31(4-5-34(38)50-43(61)36-30-69-47(51-36)56-18-22-67-23-19-56)29-53-14-16-55(17-15-53)40(59)10-20-65-24-26-68-27-25-66-21-11-49-35-3-1-2-33-41(35)46(64)57(45(33)63)37-6-7-39(58)52-44(37)62/h1-5,28,30,32,37,49H,6-27,29H2,(H2,48,60)(H,50,61)(H,52,58,62). The van der Waals surface area contributed by atoms with Gasteiger partial charge in [0.1, 0.15) is 12.3 Å². The van der Waals surface area contributed by atoms with Crippen molar-refractivity contribution >= 4 is 64.4 Å². The van der Waals surface area contributed by atoms with Crippen molar-refractivity contribution in [2.24, 2.45) is 11.7 Å².